The molecule has 0 unspecified atom stereocenters. The van der Waals surface area contributed by atoms with Crippen molar-refractivity contribution in [2.45, 2.75) is 18.4 Å². The molecule has 2 heterocycles. The van der Waals surface area contributed by atoms with E-state index in [1.807, 2.05) is 54.7 Å². The van der Waals surface area contributed by atoms with Gasteiger partial charge in [0.05, 0.1) is 6.54 Å². The van der Waals surface area contributed by atoms with Gasteiger partial charge in [-0.05, 0) is 43.6 Å². The van der Waals surface area contributed by atoms with Gasteiger partial charge in [0.25, 0.3) is 0 Å². The van der Waals surface area contributed by atoms with Gasteiger partial charge >= 0.3 is 0 Å². The molecule has 1 aliphatic heterocycles. The Bertz CT molecular complexity index is 925. The minimum absolute atomic E-state index is 0. The molecular weight excluding hydrogens is 400 g/mol. The third-order valence-corrected chi connectivity index (χ3v) is 5.41. The molecule has 30 heavy (non-hydrogen) atoms. The maximum Gasteiger partial charge on any atom is 0.248 e. The topological polar surface area (TPSA) is 68.2 Å². The first-order valence-electron chi connectivity index (χ1n) is 10.1. The van der Waals surface area contributed by atoms with Gasteiger partial charge in [0.2, 0.25) is 5.91 Å². The molecule has 0 bridgehead atoms. The number of piperidine rings is 1. The van der Waals surface area contributed by atoms with Crippen LogP contribution in [0, 0.1) is 0 Å². The number of aromatic nitrogens is 2. The quantitative estimate of drug-likeness (QED) is 0.569. The van der Waals surface area contributed by atoms with Gasteiger partial charge in [-0.15, -0.1) is 12.4 Å². The van der Waals surface area contributed by atoms with Gasteiger partial charge in [0.15, 0.2) is 0 Å². The van der Waals surface area contributed by atoms with Crippen molar-refractivity contribution in [3.8, 4) is 16.9 Å². The molecule has 1 fully saturated rings. The lowest BCUT2D eigenvalue weighted by Crippen LogP contribution is -2.55. The zero-order valence-electron chi connectivity index (χ0n) is 16.8. The first-order chi connectivity index (χ1) is 14.3. The van der Waals surface area contributed by atoms with Crippen molar-refractivity contribution in [2.24, 2.45) is 0 Å². The van der Waals surface area contributed by atoms with Gasteiger partial charge in [-0.2, -0.15) is 5.10 Å². The number of carbonyl (C=O) groups excluding carboxylic acids is 1. The predicted molar refractivity (Wildman–Crippen MR) is 120 cm³/mol. The summed E-state index contributed by atoms with van der Waals surface area (Å²) in [6, 6.07) is 20.0. The minimum atomic E-state index is -0.628. The van der Waals surface area contributed by atoms with Crippen molar-refractivity contribution >= 4 is 18.3 Å². The minimum Gasteiger partial charge on any atom is -0.491 e. The van der Waals surface area contributed by atoms with E-state index in [2.05, 4.69) is 27.9 Å². The standard InChI is InChI=1S/C23H26N4O2.ClH/c28-22(23(11-14-24-15-12-23)27-17-6-13-26-27)25-16-18-29-21-10-5-4-9-20(21)19-7-2-1-3-8-19;/h1-10,13,17,24H,11-12,14-16,18H2,(H,25,28);1H. The van der Waals surface area contributed by atoms with Crippen molar-refractivity contribution < 1.29 is 9.53 Å². The first kappa shape index (κ1) is 21.9. The summed E-state index contributed by atoms with van der Waals surface area (Å²) < 4.78 is 7.80. The number of nitrogens with zero attached hydrogens (tertiary/aromatic N) is 2. The molecule has 0 atom stereocenters. The average Bonchev–Trinajstić information content (AvgIpc) is 3.33. The van der Waals surface area contributed by atoms with Crippen LogP contribution in [0.2, 0.25) is 0 Å². The van der Waals surface area contributed by atoms with Crippen LogP contribution in [0.3, 0.4) is 0 Å². The van der Waals surface area contributed by atoms with Crippen LogP contribution >= 0.6 is 12.4 Å². The third-order valence-electron chi connectivity index (χ3n) is 5.41. The van der Waals surface area contributed by atoms with E-state index in [1.165, 1.54) is 0 Å². The number of hydrogen-bond acceptors (Lipinski definition) is 4. The van der Waals surface area contributed by atoms with Gasteiger partial charge in [-0.3, -0.25) is 9.48 Å². The Balaban J connectivity index is 0.00000256. The lowest BCUT2D eigenvalue weighted by atomic mass is 9.87. The molecule has 7 heteroatoms. The van der Waals surface area contributed by atoms with Crippen molar-refractivity contribution in [3.63, 3.8) is 0 Å². The van der Waals surface area contributed by atoms with Crippen LogP contribution in [0.25, 0.3) is 11.1 Å². The summed E-state index contributed by atoms with van der Waals surface area (Å²) in [4.78, 5) is 13.1. The normalized spacial score (nSPS) is 15.1. The Morgan fingerprint density at radius 2 is 1.80 bits per heavy atom. The van der Waals surface area contributed by atoms with Crippen molar-refractivity contribution in [1.29, 1.82) is 0 Å². The molecule has 0 radical (unpaired) electrons. The predicted octanol–water partition coefficient (Wildman–Crippen LogP) is 3.25. The number of para-hydroxylation sites is 1. The Labute approximate surface area is 183 Å². The number of benzene rings is 2. The van der Waals surface area contributed by atoms with E-state index in [1.54, 1.807) is 10.9 Å². The lowest BCUT2D eigenvalue weighted by molar-refractivity contribution is -0.132. The van der Waals surface area contributed by atoms with Crippen LogP contribution < -0.4 is 15.4 Å². The third kappa shape index (κ3) is 4.66. The molecule has 4 rings (SSSR count). The van der Waals surface area contributed by atoms with Crippen molar-refractivity contribution in [2.75, 3.05) is 26.2 Å². The molecule has 1 amide bonds. The van der Waals surface area contributed by atoms with Gasteiger partial charge in [-0.25, -0.2) is 0 Å². The zero-order chi connectivity index (χ0) is 19.9. The smallest absolute Gasteiger partial charge is 0.248 e. The number of hydrogen-bond donors (Lipinski definition) is 2. The number of amides is 1. The summed E-state index contributed by atoms with van der Waals surface area (Å²) in [5, 5.41) is 10.7. The molecular formula is C23H27ClN4O2. The van der Waals surface area contributed by atoms with Crippen LogP contribution in [0.15, 0.2) is 73.1 Å². The number of carbonyl (C=O) groups is 1. The van der Waals surface area contributed by atoms with Gasteiger partial charge in [0, 0.05) is 18.0 Å². The van der Waals surface area contributed by atoms with E-state index in [0.29, 0.717) is 13.2 Å². The highest BCUT2D eigenvalue weighted by Gasteiger charge is 2.41. The fourth-order valence-electron chi connectivity index (χ4n) is 3.86. The summed E-state index contributed by atoms with van der Waals surface area (Å²) >= 11 is 0. The SMILES string of the molecule is Cl.O=C(NCCOc1ccccc1-c1ccccc1)C1(n2cccn2)CCNCC1. The summed E-state index contributed by atoms with van der Waals surface area (Å²) in [6.45, 7) is 2.45. The van der Waals surface area contributed by atoms with Crippen molar-refractivity contribution in [3.05, 3.63) is 73.1 Å². The molecule has 0 saturated carbocycles. The van der Waals surface area contributed by atoms with E-state index >= 15 is 0 Å². The van der Waals surface area contributed by atoms with E-state index in [4.69, 9.17) is 4.74 Å². The number of ether oxygens (including phenoxy) is 1. The maximum atomic E-state index is 13.1. The van der Waals surface area contributed by atoms with Crippen LogP contribution in [0.5, 0.6) is 5.75 Å². The first-order valence-corrected chi connectivity index (χ1v) is 10.1. The second-order valence-corrected chi connectivity index (χ2v) is 7.20. The maximum absolute atomic E-state index is 13.1. The van der Waals surface area contributed by atoms with Gasteiger partial charge < -0.3 is 15.4 Å². The molecule has 1 aliphatic rings. The highest BCUT2D eigenvalue weighted by Crippen LogP contribution is 2.30. The lowest BCUT2D eigenvalue weighted by Gasteiger charge is -2.36. The molecule has 1 saturated heterocycles. The van der Waals surface area contributed by atoms with Gasteiger partial charge in [0.1, 0.15) is 17.9 Å². The second-order valence-electron chi connectivity index (χ2n) is 7.20. The Kier molecular flexibility index (Phi) is 7.49. The number of rotatable bonds is 7. The fraction of sp³-hybridized carbons (Fsp3) is 0.304. The van der Waals surface area contributed by atoms with Gasteiger partial charge in [-0.1, -0.05) is 48.5 Å². The summed E-state index contributed by atoms with van der Waals surface area (Å²) in [5.41, 5.74) is 1.53. The van der Waals surface area contributed by atoms with Crippen LogP contribution in [0.1, 0.15) is 12.8 Å². The molecule has 2 aromatic carbocycles. The largest absolute Gasteiger partial charge is 0.491 e. The van der Waals surface area contributed by atoms with E-state index < -0.39 is 5.54 Å². The molecule has 1 aromatic heterocycles. The average molecular weight is 427 g/mol. The van der Waals surface area contributed by atoms with Crippen LogP contribution in [0.4, 0.5) is 0 Å². The Morgan fingerprint density at radius 1 is 1.07 bits per heavy atom. The molecule has 0 spiro atoms. The molecule has 3 aromatic rings. The zero-order valence-corrected chi connectivity index (χ0v) is 17.6. The van der Waals surface area contributed by atoms with E-state index in [-0.39, 0.29) is 18.3 Å². The highest BCUT2D eigenvalue weighted by atomic mass is 35.5. The highest BCUT2D eigenvalue weighted by molar-refractivity contribution is 5.85. The summed E-state index contributed by atoms with van der Waals surface area (Å²) in [6.07, 6.45) is 5.04. The molecule has 6 nitrogen and oxygen atoms in total. The fourth-order valence-corrected chi connectivity index (χ4v) is 3.86. The number of nitrogens with one attached hydrogen (secondary N) is 2. The Hall–Kier alpha value is -2.83. The van der Waals surface area contributed by atoms with Crippen molar-refractivity contribution in [1.82, 2.24) is 20.4 Å². The molecule has 0 aliphatic carbocycles. The Morgan fingerprint density at radius 3 is 2.53 bits per heavy atom. The molecule has 158 valence electrons. The number of halogens is 1. The van der Waals surface area contributed by atoms with E-state index in [9.17, 15) is 4.79 Å². The van der Waals surface area contributed by atoms with E-state index in [0.717, 1.165) is 42.8 Å². The monoisotopic (exact) mass is 426 g/mol. The van der Waals surface area contributed by atoms with Crippen LogP contribution in [-0.2, 0) is 10.3 Å². The summed E-state index contributed by atoms with van der Waals surface area (Å²) in [7, 11) is 0. The second kappa shape index (κ2) is 10.3. The summed E-state index contributed by atoms with van der Waals surface area (Å²) in [5.74, 6) is 0.819. The molecule has 2 N–H and O–H groups in total. The van der Waals surface area contributed by atoms with Crippen LogP contribution in [-0.4, -0.2) is 41.9 Å².